The zero-order valence-corrected chi connectivity index (χ0v) is 12.8. The van der Waals surface area contributed by atoms with Crippen LogP contribution in [0.3, 0.4) is 0 Å². The van der Waals surface area contributed by atoms with Crippen LogP contribution in [0.5, 0.6) is 5.75 Å². The fourth-order valence-corrected chi connectivity index (χ4v) is 2.27. The van der Waals surface area contributed by atoms with Crippen LogP contribution >= 0.6 is 0 Å². The van der Waals surface area contributed by atoms with Gasteiger partial charge in [-0.2, -0.15) is 5.10 Å². The second kappa shape index (κ2) is 7.69. The van der Waals surface area contributed by atoms with E-state index in [2.05, 4.69) is 35.3 Å². The summed E-state index contributed by atoms with van der Waals surface area (Å²) >= 11 is 0. The second-order valence-electron chi connectivity index (χ2n) is 4.97. The van der Waals surface area contributed by atoms with Crippen molar-refractivity contribution in [1.82, 2.24) is 9.78 Å². The van der Waals surface area contributed by atoms with E-state index in [0.717, 1.165) is 37.5 Å². The van der Waals surface area contributed by atoms with E-state index in [4.69, 9.17) is 10.5 Å². The summed E-state index contributed by atoms with van der Waals surface area (Å²) in [7, 11) is 1.69. The Kier molecular flexibility index (Phi) is 5.63. The smallest absolute Gasteiger partial charge is 0.120 e. The molecule has 21 heavy (non-hydrogen) atoms. The SMILES string of the molecule is CCn1cc(CN(CCCN)c2cccc(OC)c2)cn1. The maximum absolute atomic E-state index is 5.66. The van der Waals surface area contributed by atoms with Crippen LogP contribution in [0.4, 0.5) is 5.69 Å². The Balaban J connectivity index is 2.16. The van der Waals surface area contributed by atoms with Gasteiger partial charge < -0.3 is 15.4 Å². The number of nitrogens with two attached hydrogens (primary N) is 1. The highest BCUT2D eigenvalue weighted by molar-refractivity contribution is 5.51. The maximum Gasteiger partial charge on any atom is 0.120 e. The van der Waals surface area contributed by atoms with Crippen LogP contribution < -0.4 is 15.4 Å². The van der Waals surface area contributed by atoms with E-state index in [9.17, 15) is 0 Å². The minimum Gasteiger partial charge on any atom is -0.497 e. The summed E-state index contributed by atoms with van der Waals surface area (Å²) in [6.07, 6.45) is 4.98. The highest BCUT2D eigenvalue weighted by Gasteiger charge is 2.09. The number of aromatic nitrogens is 2. The van der Waals surface area contributed by atoms with E-state index >= 15 is 0 Å². The molecule has 0 saturated carbocycles. The van der Waals surface area contributed by atoms with Gasteiger partial charge in [0, 0.05) is 43.1 Å². The molecule has 0 aliphatic rings. The predicted octanol–water partition coefficient (Wildman–Crippen LogP) is 2.27. The van der Waals surface area contributed by atoms with E-state index in [1.807, 2.05) is 23.0 Å². The van der Waals surface area contributed by atoms with Gasteiger partial charge in [0.15, 0.2) is 0 Å². The number of nitrogens with zero attached hydrogens (tertiary/aromatic N) is 3. The van der Waals surface area contributed by atoms with Gasteiger partial charge in [-0.15, -0.1) is 0 Å². The zero-order valence-electron chi connectivity index (χ0n) is 12.8. The topological polar surface area (TPSA) is 56.3 Å². The van der Waals surface area contributed by atoms with E-state index in [1.54, 1.807) is 7.11 Å². The van der Waals surface area contributed by atoms with Crippen molar-refractivity contribution in [3.05, 3.63) is 42.2 Å². The molecule has 1 aromatic heterocycles. The van der Waals surface area contributed by atoms with Gasteiger partial charge in [-0.25, -0.2) is 0 Å². The van der Waals surface area contributed by atoms with Crippen LogP contribution in [0.25, 0.3) is 0 Å². The zero-order chi connectivity index (χ0) is 15.1. The number of ether oxygens (including phenoxy) is 1. The van der Waals surface area contributed by atoms with Crippen molar-refractivity contribution in [2.24, 2.45) is 5.73 Å². The molecular weight excluding hydrogens is 264 g/mol. The van der Waals surface area contributed by atoms with Gasteiger partial charge in [0.1, 0.15) is 5.75 Å². The molecule has 0 radical (unpaired) electrons. The first-order valence-electron chi connectivity index (χ1n) is 7.37. The molecule has 1 heterocycles. The summed E-state index contributed by atoms with van der Waals surface area (Å²) in [5.41, 5.74) is 8.01. The third kappa shape index (κ3) is 4.23. The minimum atomic E-state index is 0.689. The monoisotopic (exact) mass is 288 g/mol. The predicted molar refractivity (Wildman–Crippen MR) is 85.6 cm³/mol. The van der Waals surface area contributed by atoms with Crippen molar-refractivity contribution < 1.29 is 4.74 Å². The van der Waals surface area contributed by atoms with E-state index in [1.165, 1.54) is 5.56 Å². The normalized spacial score (nSPS) is 10.6. The quantitative estimate of drug-likeness (QED) is 0.809. The minimum absolute atomic E-state index is 0.689. The fourth-order valence-electron chi connectivity index (χ4n) is 2.27. The standard InChI is InChI=1S/C16H24N4O/c1-3-20-13-14(11-18-20)12-19(9-5-8-17)15-6-4-7-16(10-15)21-2/h4,6-7,10-11,13H,3,5,8-9,12,17H2,1-2H3. The highest BCUT2D eigenvalue weighted by atomic mass is 16.5. The van der Waals surface area contributed by atoms with Crippen LogP contribution in [0, 0.1) is 0 Å². The Bertz CT molecular complexity index is 553. The molecule has 5 heteroatoms. The van der Waals surface area contributed by atoms with Gasteiger partial charge in [-0.05, 0) is 32.0 Å². The lowest BCUT2D eigenvalue weighted by Gasteiger charge is -2.24. The average molecular weight is 288 g/mol. The highest BCUT2D eigenvalue weighted by Crippen LogP contribution is 2.22. The molecule has 2 N–H and O–H groups in total. The molecule has 0 aliphatic carbocycles. The van der Waals surface area contributed by atoms with Gasteiger partial charge >= 0.3 is 0 Å². The third-order valence-electron chi connectivity index (χ3n) is 3.43. The number of benzene rings is 1. The number of aryl methyl sites for hydroxylation is 1. The summed E-state index contributed by atoms with van der Waals surface area (Å²) in [4.78, 5) is 2.31. The van der Waals surface area contributed by atoms with Crippen molar-refractivity contribution in [2.75, 3.05) is 25.1 Å². The number of methoxy groups -OCH3 is 1. The molecular formula is C16H24N4O. The molecule has 0 aliphatic heterocycles. The van der Waals surface area contributed by atoms with Crippen molar-refractivity contribution >= 4 is 5.69 Å². The van der Waals surface area contributed by atoms with Crippen molar-refractivity contribution in [1.29, 1.82) is 0 Å². The first-order chi connectivity index (χ1) is 10.3. The Hall–Kier alpha value is -2.01. The molecule has 0 unspecified atom stereocenters. The third-order valence-corrected chi connectivity index (χ3v) is 3.43. The molecule has 0 saturated heterocycles. The maximum atomic E-state index is 5.66. The molecule has 0 atom stereocenters. The molecule has 0 bridgehead atoms. The van der Waals surface area contributed by atoms with Crippen LogP contribution in [-0.2, 0) is 13.1 Å². The van der Waals surface area contributed by atoms with Gasteiger partial charge in [-0.1, -0.05) is 6.07 Å². The van der Waals surface area contributed by atoms with Crippen LogP contribution in [0.1, 0.15) is 18.9 Å². The van der Waals surface area contributed by atoms with Crippen molar-refractivity contribution in [3.8, 4) is 5.75 Å². The Morgan fingerprint density at radius 2 is 2.24 bits per heavy atom. The summed E-state index contributed by atoms with van der Waals surface area (Å²) in [6, 6.07) is 8.13. The first-order valence-corrected chi connectivity index (χ1v) is 7.37. The lowest BCUT2D eigenvalue weighted by Crippen LogP contribution is -2.25. The molecule has 114 valence electrons. The molecule has 0 amide bonds. The second-order valence-corrected chi connectivity index (χ2v) is 4.97. The number of hydrogen-bond donors (Lipinski definition) is 1. The van der Waals surface area contributed by atoms with Crippen molar-refractivity contribution in [3.63, 3.8) is 0 Å². The number of anilines is 1. The molecule has 1 aromatic carbocycles. The summed E-state index contributed by atoms with van der Waals surface area (Å²) in [5, 5.41) is 4.34. The summed E-state index contributed by atoms with van der Waals surface area (Å²) < 4.78 is 7.26. The first kappa shape index (κ1) is 15.4. The summed E-state index contributed by atoms with van der Waals surface area (Å²) in [5.74, 6) is 0.870. The number of rotatable bonds is 8. The number of hydrogen-bond acceptors (Lipinski definition) is 4. The Morgan fingerprint density at radius 1 is 1.38 bits per heavy atom. The Morgan fingerprint density at radius 3 is 2.90 bits per heavy atom. The Labute approximate surface area is 126 Å². The molecule has 2 rings (SSSR count). The average Bonchev–Trinajstić information content (AvgIpc) is 2.99. The van der Waals surface area contributed by atoms with Gasteiger partial charge in [-0.3, -0.25) is 4.68 Å². The largest absolute Gasteiger partial charge is 0.497 e. The summed E-state index contributed by atoms with van der Waals surface area (Å²) in [6.45, 7) is 5.41. The van der Waals surface area contributed by atoms with E-state index < -0.39 is 0 Å². The van der Waals surface area contributed by atoms with Gasteiger partial charge in [0.05, 0.1) is 13.3 Å². The molecule has 5 nitrogen and oxygen atoms in total. The molecule has 0 fully saturated rings. The van der Waals surface area contributed by atoms with Gasteiger partial charge in [0.25, 0.3) is 0 Å². The van der Waals surface area contributed by atoms with Crippen LogP contribution in [-0.4, -0.2) is 30.0 Å². The lowest BCUT2D eigenvalue weighted by atomic mass is 10.2. The lowest BCUT2D eigenvalue weighted by molar-refractivity contribution is 0.414. The van der Waals surface area contributed by atoms with E-state index in [-0.39, 0.29) is 0 Å². The van der Waals surface area contributed by atoms with E-state index in [0.29, 0.717) is 6.54 Å². The molecule has 2 aromatic rings. The fraction of sp³-hybridized carbons (Fsp3) is 0.438. The molecule has 0 spiro atoms. The van der Waals surface area contributed by atoms with Crippen LogP contribution in [0.2, 0.25) is 0 Å². The van der Waals surface area contributed by atoms with Crippen molar-refractivity contribution in [2.45, 2.75) is 26.4 Å². The van der Waals surface area contributed by atoms with Crippen LogP contribution in [0.15, 0.2) is 36.7 Å². The van der Waals surface area contributed by atoms with Gasteiger partial charge in [0.2, 0.25) is 0 Å².